The Hall–Kier alpha value is -0.790. The van der Waals surface area contributed by atoms with Crippen LogP contribution < -0.4 is 0 Å². The van der Waals surface area contributed by atoms with Crippen LogP contribution in [0.1, 0.15) is 46.5 Å². The number of ether oxygens (including phenoxy) is 1. The van der Waals surface area contributed by atoms with E-state index < -0.39 is 0 Å². The fourth-order valence-corrected chi connectivity index (χ4v) is 2.19. The summed E-state index contributed by atoms with van der Waals surface area (Å²) in [5.74, 6) is -0.290. The van der Waals surface area contributed by atoms with Crippen LogP contribution in [0.25, 0.3) is 0 Å². The van der Waals surface area contributed by atoms with Crippen LogP contribution in [0.5, 0.6) is 0 Å². The highest BCUT2D eigenvalue weighted by atomic mass is 16.6. The van der Waals surface area contributed by atoms with Gasteiger partial charge in [-0.25, -0.2) is 4.79 Å². The predicted octanol–water partition coefficient (Wildman–Crippen LogP) is 3.07. The SMILES string of the molecule is C=CC(=O)OC1(C(C)(C)C)CCCC1. The maximum absolute atomic E-state index is 11.3. The zero-order valence-corrected chi connectivity index (χ0v) is 9.43. The van der Waals surface area contributed by atoms with Crippen molar-refractivity contribution in [2.45, 2.75) is 52.1 Å². The minimum Gasteiger partial charge on any atom is -0.455 e. The smallest absolute Gasteiger partial charge is 0.330 e. The summed E-state index contributed by atoms with van der Waals surface area (Å²) >= 11 is 0. The van der Waals surface area contributed by atoms with Crippen LogP contribution in [0.4, 0.5) is 0 Å². The van der Waals surface area contributed by atoms with Gasteiger partial charge in [-0.1, -0.05) is 27.4 Å². The Labute approximate surface area is 86.3 Å². The number of rotatable bonds is 2. The van der Waals surface area contributed by atoms with Gasteiger partial charge in [-0.3, -0.25) is 0 Å². The number of hydrogen-bond donors (Lipinski definition) is 0. The van der Waals surface area contributed by atoms with E-state index in [2.05, 4.69) is 27.4 Å². The Kier molecular flexibility index (Phi) is 3.03. The van der Waals surface area contributed by atoms with Crippen LogP contribution in [-0.4, -0.2) is 11.6 Å². The van der Waals surface area contributed by atoms with Gasteiger partial charge in [-0.15, -0.1) is 0 Å². The lowest BCUT2D eigenvalue weighted by molar-refractivity contribution is -0.166. The summed E-state index contributed by atoms with van der Waals surface area (Å²) in [5, 5.41) is 0. The van der Waals surface area contributed by atoms with E-state index in [-0.39, 0.29) is 17.0 Å². The van der Waals surface area contributed by atoms with Crippen LogP contribution in [0, 0.1) is 5.41 Å². The lowest BCUT2D eigenvalue weighted by atomic mass is 9.75. The molecule has 1 aliphatic rings. The topological polar surface area (TPSA) is 26.3 Å². The molecule has 1 fully saturated rings. The van der Waals surface area contributed by atoms with Crippen molar-refractivity contribution >= 4 is 5.97 Å². The van der Waals surface area contributed by atoms with Gasteiger partial charge in [0.2, 0.25) is 0 Å². The molecule has 0 aromatic carbocycles. The monoisotopic (exact) mass is 196 g/mol. The molecule has 0 aromatic rings. The largest absolute Gasteiger partial charge is 0.455 e. The van der Waals surface area contributed by atoms with Gasteiger partial charge < -0.3 is 4.74 Å². The highest BCUT2D eigenvalue weighted by Crippen LogP contribution is 2.46. The maximum atomic E-state index is 11.3. The van der Waals surface area contributed by atoms with Gasteiger partial charge in [0.1, 0.15) is 5.60 Å². The third kappa shape index (κ3) is 1.99. The van der Waals surface area contributed by atoms with Crippen molar-refractivity contribution in [1.82, 2.24) is 0 Å². The standard InChI is InChI=1S/C12H20O2/c1-5-10(13)14-12(11(2,3)4)8-6-7-9-12/h5H,1,6-9H2,2-4H3. The molecule has 0 unspecified atom stereocenters. The first-order valence-electron chi connectivity index (χ1n) is 5.27. The van der Waals surface area contributed by atoms with E-state index in [4.69, 9.17) is 4.74 Å². The first kappa shape index (κ1) is 11.3. The second-order valence-electron chi connectivity index (χ2n) is 5.08. The highest BCUT2D eigenvalue weighted by molar-refractivity contribution is 5.81. The van der Waals surface area contributed by atoms with E-state index in [9.17, 15) is 4.79 Å². The molecule has 80 valence electrons. The maximum Gasteiger partial charge on any atom is 0.330 e. The van der Waals surface area contributed by atoms with Crippen LogP contribution >= 0.6 is 0 Å². The molecule has 0 radical (unpaired) electrons. The summed E-state index contributed by atoms with van der Waals surface area (Å²) in [6.45, 7) is 9.84. The molecule has 0 atom stereocenters. The van der Waals surface area contributed by atoms with Crippen LogP contribution in [0.2, 0.25) is 0 Å². The molecule has 0 amide bonds. The van der Waals surface area contributed by atoms with Crippen molar-refractivity contribution in [1.29, 1.82) is 0 Å². The molecular formula is C12H20O2. The van der Waals surface area contributed by atoms with E-state index >= 15 is 0 Å². The normalized spacial score (nSPS) is 20.5. The van der Waals surface area contributed by atoms with Crippen molar-refractivity contribution in [3.63, 3.8) is 0 Å². The number of carbonyl (C=O) groups excluding carboxylic acids is 1. The van der Waals surface area contributed by atoms with Gasteiger partial charge in [0.05, 0.1) is 0 Å². The second kappa shape index (κ2) is 3.76. The third-order valence-electron chi connectivity index (χ3n) is 3.24. The third-order valence-corrected chi connectivity index (χ3v) is 3.24. The van der Waals surface area contributed by atoms with Crippen molar-refractivity contribution < 1.29 is 9.53 Å². The molecule has 2 nitrogen and oxygen atoms in total. The van der Waals surface area contributed by atoms with Crippen LogP contribution in [-0.2, 0) is 9.53 Å². The average molecular weight is 196 g/mol. The lowest BCUT2D eigenvalue weighted by Crippen LogP contribution is -2.44. The van der Waals surface area contributed by atoms with Gasteiger partial charge in [-0.05, 0) is 25.7 Å². The highest BCUT2D eigenvalue weighted by Gasteiger charge is 2.47. The number of carbonyl (C=O) groups is 1. The van der Waals surface area contributed by atoms with Gasteiger partial charge in [0.25, 0.3) is 0 Å². The van der Waals surface area contributed by atoms with E-state index in [1.54, 1.807) is 0 Å². The van der Waals surface area contributed by atoms with Crippen molar-refractivity contribution in [2.75, 3.05) is 0 Å². The van der Waals surface area contributed by atoms with Crippen molar-refractivity contribution in [2.24, 2.45) is 5.41 Å². The molecule has 0 bridgehead atoms. The molecule has 0 spiro atoms. The molecule has 1 aliphatic carbocycles. The molecule has 0 N–H and O–H groups in total. The lowest BCUT2D eigenvalue weighted by Gasteiger charge is -2.40. The van der Waals surface area contributed by atoms with Gasteiger partial charge >= 0.3 is 5.97 Å². The molecule has 0 aliphatic heterocycles. The first-order valence-corrected chi connectivity index (χ1v) is 5.27. The Morgan fingerprint density at radius 1 is 1.36 bits per heavy atom. The van der Waals surface area contributed by atoms with E-state index in [0.29, 0.717) is 0 Å². The summed E-state index contributed by atoms with van der Waals surface area (Å²) in [7, 11) is 0. The second-order valence-corrected chi connectivity index (χ2v) is 5.08. The van der Waals surface area contributed by atoms with Crippen molar-refractivity contribution in [3.8, 4) is 0 Å². The summed E-state index contributed by atoms with van der Waals surface area (Å²) in [5.41, 5.74) is -0.250. The Morgan fingerprint density at radius 3 is 2.21 bits per heavy atom. The van der Waals surface area contributed by atoms with Crippen LogP contribution in [0.15, 0.2) is 12.7 Å². The molecule has 2 heteroatoms. The summed E-state index contributed by atoms with van der Waals surface area (Å²) in [4.78, 5) is 11.3. The predicted molar refractivity (Wildman–Crippen MR) is 56.9 cm³/mol. The Morgan fingerprint density at radius 2 is 1.86 bits per heavy atom. The quantitative estimate of drug-likeness (QED) is 0.501. The minimum atomic E-state index is -0.290. The molecule has 0 saturated heterocycles. The zero-order chi connectivity index (χ0) is 10.8. The fraction of sp³-hybridized carbons (Fsp3) is 0.750. The van der Waals surface area contributed by atoms with E-state index in [1.165, 1.54) is 6.08 Å². The summed E-state index contributed by atoms with van der Waals surface area (Å²) < 4.78 is 5.56. The summed E-state index contributed by atoms with van der Waals surface area (Å²) in [6.07, 6.45) is 5.53. The fourth-order valence-electron chi connectivity index (χ4n) is 2.19. The van der Waals surface area contributed by atoms with E-state index in [1.807, 2.05) is 0 Å². The van der Waals surface area contributed by atoms with Crippen molar-refractivity contribution in [3.05, 3.63) is 12.7 Å². The van der Waals surface area contributed by atoms with E-state index in [0.717, 1.165) is 25.7 Å². The van der Waals surface area contributed by atoms with Gasteiger partial charge in [0, 0.05) is 11.5 Å². The molecule has 0 heterocycles. The molecular weight excluding hydrogens is 176 g/mol. The first-order chi connectivity index (χ1) is 6.41. The molecule has 1 saturated carbocycles. The number of hydrogen-bond acceptors (Lipinski definition) is 2. The molecule has 1 rings (SSSR count). The summed E-state index contributed by atoms with van der Waals surface area (Å²) in [6, 6.07) is 0. The average Bonchev–Trinajstić information content (AvgIpc) is 2.52. The zero-order valence-electron chi connectivity index (χ0n) is 9.43. The minimum absolute atomic E-state index is 0.0160. The molecule has 14 heavy (non-hydrogen) atoms. The Balaban J connectivity index is 2.82. The number of esters is 1. The van der Waals surface area contributed by atoms with Crippen LogP contribution in [0.3, 0.4) is 0 Å². The molecule has 0 aromatic heterocycles. The van der Waals surface area contributed by atoms with Gasteiger partial charge in [-0.2, -0.15) is 0 Å². The Bertz CT molecular complexity index is 229. The van der Waals surface area contributed by atoms with Gasteiger partial charge in [0.15, 0.2) is 0 Å².